The first-order valence-corrected chi connectivity index (χ1v) is 18.9. The van der Waals surface area contributed by atoms with Crippen LogP contribution >= 0.6 is 0 Å². The fraction of sp³-hybridized carbons (Fsp3) is 0. The second kappa shape index (κ2) is 10.3. The van der Waals surface area contributed by atoms with Crippen molar-refractivity contribution >= 4 is 129 Å². The zero-order valence-corrected chi connectivity index (χ0v) is 29.3. The lowest BCUT2D eigenvalue weighted by atomic mass is 9.80. The van der Waals surface area contributed by atoms with Crippen molar-refractivity contribution in [1.82, 2.24) is 0 Å². The van der Waals surface area contributed by atoms with Crippen LogP contribution in [0.1, 0.15) is 0 Å². The molecule has 0 saturated carbocycles. The number of hydrogen-bond acceptors (Lipinski definition) is 0. The molecule has 246 valence electrons. The molecule has 0 spiro atoms. The highest BCUT2D eigenvalue weighted by atomic mass is 14.3. The molecular formula is C54H30. The third-order valence-corrected chi connectivity index (χ3v) is 12.5. The molecule has 54 heavy (non-hydrogen) atoms. The molecular weight excluding hydrogens is 649 g/mol. The van der Waals surface area contributed by atoms with Gasteiger partial charge in [-0.3, -0.25) is 0 Å². The van der Waals surface area contributed by atoms with E-state index in [1.807, 2.05) is 0 Å². The predicted molar refractivity (Wildman–Crippen MR) is 237 cm³/mol. The minimum absolute atomic E-state index is 1.28. The molecule has 0 heteroatoms. The number of benzene rings is 10. The fourth-order valence-electron chi connectivity index (χ4n) is 10.4. The fourth-order valence-corrected chi connectivity index (χ4v) is 10.4. The summed E-state index contributed by atoms with van der Waals surface area (Å²) in [6.07, 6.45) is 0. The van der Waals surface area contributed by atoms with Crippen LogP contribution in [0.25, 0.3) is 129 Å². The van der Waals surface area contributed by atoms with Gasteiger partial charge in [-0.25, -0.2) is 0 Å². The van der Waals surface area contributed by atoms with E-state index < -0.39 is 0 Å². The zero-order chi connectivity index (χ0) is 35.1. The lowest BCUT2D eigenvalue weighted by molar-refractivity contribution is 1.79. The van der Waals surface area contributed by atoms with Crippen LogP contribution in [-0.4, -0.2) is 0 Å². The minimum atomic E-state index is 1.28. The average Bonchev–Trinajstić information content (AvgIpc) is 3.24. The Morgan fingerprint density at radius 1 is 0.111 bits per heavy atom. The lowest BCUT2D eigenvalue weighted by Crippen LogP contribution is -1.93. The molecule has 0 saturated heterocycles. The Balaban J connectivity index is 1.56. The third-order valence-electron chi connectivity index (χ3n) is 12.5. The molecule has 0 aliphatic carbocycles. The maximum absolute atomic E-state index is 2.43. The Labute approximate surface area is 310 Å². The van der Waals surface area contributed by atoms with E-state index in [1.54, 1.807) is 0 Å². The van der Waals surface area contributed by atoms with E-state index in [0.717, 1.165) is 0 Å². The Kier molecular flexibility index (Phi) is 5.45. The quantitative estimate of drug-likeness (QED) is 0.140. The first kappa shape index (κ1) is 28.6. The van der Waals surface area contributed by atoms with Crippen molar-refractivity contribution in [3.8, 4) is 0 Å². The maximum Gasteiger partial charge on any atom is -0.000718 e. The van der Waals surface area contributed by atoms with Crippen LogP contribution in [-0.2, 0) is 0 Å². The molecule has 13 aromatic carbocycles. The summed E-state index contributed by atoms with van der Waals surface area (Å²) in [5.41, 5.74) is 0. The zero-order valence-electron chi connectivity index (χ0n) is 29.3. The van der Waals surface area contributed by atoms with Crippen LogP contribution in [0.15, 0.2) is 182 Å². The molecule has 13 aromatic rings. The van der Waals surface area contributed by atoms with Gasteiger partial charge < -0.3 is 0 Å². The van der Waals surface area contributed by atoms with Gasteiger partial charge in [0.15, 0.2) is 0 Å². The van der Waals surface area contributed by atoms with Crippen LogP contribution < -0.4 is 0 Å². The highest BCUT2D eigenvalue weighted by Crippen LogP contribution is 2.52. The van der Waals surface area contributed by atoms with Crippen molar-refractivity contribution in [2.24, 2.45) is 0 Å². The summed E-state index contributed by atoms with van der Waals surface area (Å²) in [6, 6.07) is 68.9. The van der Waals surface area contributed by atoms with Crippen LogP contribution in [0.5, 0.6) is 0 Å². The van der Waals surface area contributed by atoms with Crippen LogP contribution in [0.3, 0.4) is 0 Å². The molecule has 0 radical (unpaired) electrons. The Bertz CT molecular complexity index is 3150. The van der Waals surface area contributed by atoms with Gasteiger partial charge in [-0.2, -0.15) is 0 Å². The Morgan fingerprint density at radius 3 is 0.352 bits per heavy atom. The van der Waals surface area contributed by atoms with Gasteiger partial charge in [0.25, 0.3) is 0 Å². The van der Waals surface area contributed by atoms with Crippen molar-refractivity contribution in [3.63, 3.8) is 0 Å². The largest absolute Gasteiger partial charge is 0.0616 e. The minimum Gasteiger partial charge on any atom is -0.0616 e. The standard InChI is InChI=1S/C54H30/c1-7-19-37-31(13-1)32-14-2-8-20-38(32)44-27-28-46-40-22-10-4-17-35(40)36-18-6-12-24-42(36)48-30-29-47-41-23-11-5-16-34(41)33-15-3-9-21-39(33)45-26-25-43(37)49-50(44)52(46)54(48)53(47)51(45)49/h1-30H. The normalized spacial score (nSPS) is 12.4. The van der Waals surface area contributed by atoms with E-state index in [0.29, 0.717) is 0 Å². The lowest BCUT2D eigenvalue weighted by Gasteiger charge is -2.22. The predicted octanol–water partition coefficient (Wildman–Crippen LogP) is 15.5. The Morgan fingerprint density at radius 2 is 0.222 bits per heavy atom. The van der Waals surface area contributed by atoms with Crippen LogP contribution in [0.4, 0.5) is 0 Å². The van der Waals surface area contributed by atoms with Gasteiger partial charge in [-0.15, -0.1) is 0 Å². The molecule has 0 amide bonds. The van der Waals surface area contributed by atoms with Crippen molar-refractivity contribution in [2.75, 3.05) is 0 Å². The molecule has 0 nitrogen and oxygen atoms in total. The molecule has 0 atom stereocenters. The van der Waals surface area contributed by atoms with E-state index >= 15 is 0 Å². The summed E-state index contributed by atoms with van der Waals surface area (Å²) in [4.78, 5) is 0. The van der Waals surface area contributed by atoms with E-state index in [-0.39, 0.29) is 0 Å². The van der Waals surface area contributed by atoms with Gasteiger partial charge in [0.1, 0.15) is 0 Å². The summed E-state index contributed by atoms with van der Waals surface area (Å²) in [7, 11) is 0. The molecule has 13 rings (SSSR count). The maximum atomic E-state index is 2.43. The summed E-state index contributed by atoms with van der Waals surface area (Å²) in [5, 5.41) is 31.1. The molecule has 0 aliphatic heterocycles. The van der Waals surface area contributed by atoms with Gasteiger partial charge in [0, 0.05) is 0 Å². The average molecular weight is 679 g/mol. The topological polar surface area (TPSA) is 0 Å². The van der Waals surface area contributed by atoms with Crippen molar-refractivity contribution in [1.29, 1.82) is 0 Å². The number of rotatable bonds is 0. The number of hydrogen-bond donors (Lipinski definition) is 0. The highest BCUT2D eigenvalue weighted by molar-refractivity contribution is 6.51. The van der Waals surface area contributed by atoms with E-state index in [1.165, 1.54) is 129 Å². The Hall–Kier alpha value is -7.02. The third kappa shape index (κ3) is 3.49. The van der Waals surface area contributed by atoms with Crippen molar-refractivity contribution in [3.05, 3.63) is 182 Å². The monoisotopic (exact) mass is 678 g/mol. The van der Waals surface area contributed by atoms with E-state index in [2.05, 4.69) is 182 Å². The molecule has 0 aliphatic rings. The molecule has 0 unspecified atom stereocenters. The smallest absolute Gasteiger partial charge is 0.000718 e. The summed E-state index contributed by atoms with van der Waals surface area (Å²) < 4.78 is 0. The first-order chi connectivity index (χ1) is 26.8. The van der Waals surface area contributed by atoms with Crippen LogP contribution in [0, 0.1) is 0 Å². The summed E-state index contributed by atoms with van der Waals surface area (Å²) in [6.45, 7) is 0. The van der Waals surface area contributed by atoms with E-state index in [9.17, 15) is 0 Å². The van der Waals surface area contributed by atoms with Gasteiger partial charge in [-0.1, -0.05) is 182 Å². The van der Waals surface area contributed by atoms with Gasteiger partial charge >= 0.3 is 0 Å². The molecule has 0 aromatic heterocycles. The van der Waals surface area contributed by atoms with Gasteiger partial charge in [0.05, 0.1) is 0 Å². The highest BCUT2D eigenvalue weighted by Gasteiger charge is 2.23. The molecule has 0 bridgehead atoms. The summed E-state index contributed by atoms with van der Waals surface area (Å²) >= 11 is 0. The van der Waals surface area contributed by atoms with E-state index in [4.69, 9.17) is 0 Å². The SMILES string of the molecule is c1ccc2c(c1)c1ccccc1c1ccc3c4ccccc4c4ccccc4c4ccc5c6ccccc6c6ccccc6c6ccc2c2c1c3c4c5c62. The summed E-state index contributed by atoms with van der Waals surface area (Å²) in [5.74, 6) is 0. The van der Waals surface area contributed by atoms with Gasteiger partial charge in [0.2, 0.25) is 0 Å². The van der Waals surface area contributed by atoms with Crippen LogP contribution in [0.2, 0.25) is 0 Å². The van der Waals surface area contributed by atoms with Crippen molar-refractivity contribution in [2.45, 2.75) is 0 Å². The first-order valence-electron chi connectivity index (χ1n) is 18.9. The second-order valence-corrected chi connectivity index (χ2v) is 15.0. The molecule has 0 fully saturated rings. The number of fused-ring (bicyclic) bond motifs is 15. The molecule has 0 N–H and O–H groups in total. The van der Waals surface area contributed by atoms with Gasteiger partial charge in [-0.05, 0) is 129 Å². The second-order valence-electron chi connectivity index (χ2n) is 15.0. The van der Waals surface area contributed by atoms with Crippen molar-refractivity contribution < 1.29 is 0 Å². The molecule has 0 heterocycles.